The van der Waals surface area contributed by atoms with E-state index in [1.54, 1.807) is 0 Å². The maximum Gasteiger partial charge on any atom is 0.225 e. The summed E-state index contributed by atoms with van der Waals surface area (Å²) in [5, 5.41) is 0. The Morgan fingerprint density at radius 3 is 2.62 bits per heavy atom. The molecule has 74 valence electrons. The van der Waals surface area contributed by atoms with E-state index in [0.717, 1.165) is 19.4 Å². The molecule has 0 aromatic carbocycles. The number of carbonyl (C=O) groups is 1. The lowest BCUT2D eigenvalue weighted by molar-refractivity contribution is -0.132. The predicted molar refractivity (Wildman–Crippen MR) is 56.4 cm³/mol. The Morgan fingerprint density at radius 1 is 1.62 bits per heavy atom. The van der Waals surface area contributed by atoms with E-state index >= 15 is 0 Å². The van der Waals surface area contributed by atoms with E-state index in [4.69, 9.17) is 18.0 Å². The van der Waals surface area contributed by atoms with Crippen molar-refractivity contribution in [2.24, 2.45) is 11.7 Å². The molecule has 0 heterocycles. The van der Waals surface area contributed by atoms with Crippen LogP contribution in [0.2, 0.25) is 0 Å². The largest absolute Gasteiger partial charge is 0.393 e. The lowest BCUT2D eigenvalue weighted by Gasteiger charge is -2.20. The summed E-state index contributed by atoms with van der Waals surface area (Å²) >= 11 is 4.77. The molecule has 0 unspecified atom stereocenters. The average Bonchev–Trinajstić information content (AvgIpc) is 2.86. The summed E-state index contributed by atoms with van der Waals surface area (Å²) in [6.07, 6.45) is 2.76. The Labute approximate surface area is 84.3 Å². The van der Waals surface area contributed by atoms with Crippen LogP contribution in [0.1, 0.15) is 26.2 Å². The molecular weight excluding hydrogens is 184 g/mol. The first-order chi connectivity index (χ1) is 6.15. The maximum atomic E-state index is 11.6. The second-order valence-electron chi connectivity index (χ2n) is 3.41. The molecule has 1 aliphatic rings. The van der Waals surface area contributed by atoms with Gasteiger partial charge in [0.2, 0.25) is 5.91 Å². The van der Waals surface area contributed by atoms with Crippen LogP contribution in [0.15, 0.2) is 0 Å². The van der Waals surface area contributed by atoms with Crippen molar-refractivity contribution >= 4 is 23.1 Å². The minimum absolute atomic E-state index is 0.277. The Hall–Kier alpha value is -0.640. The highest BCUT2D eigenvalue weighted by Gasteiger charge is 2.32. The van der Waals surface area contributed by atoms with E-state index in [0.29, 0.717) is 23.9 Å². The van der Waals surface area contributed by atoms with Gasteiger partial charge in [-0.2, -0.15) is 0 Å². The molecule has 1 fully saturated rings. The molecule has 1 rings (SSSR count). The topological polar surface area (TPSA) is 46.3 Å². The van der Waals surface area contributed by atoms with Crippen LogP contribution in [0.5, 0.6) is 0 Å². The zero-order chi connectivity index (χ0) is 9.84. The van der Waals surface area contributed by atoms with E-state index in [1.165, 1.54) is 0 Å². The first-order valence-corrected chi connectivity index (χ1v) is 5.13. The summed E-state index contributed by atoms with van der Waals surface area (Å²) in [5.74, 6) is 0.574. The molecule has 0 atom stereocenters. The molecule has 1 amide bonds. The van der Waals surface area contributed by atoms with Gasteiger partial charge in [-0.15, -0.1) is 0 Å². The average molecular weight is 200 g/mol. The van der Waals surface area contributed by atoms with Crippen LogP contribution in [0.3, 0.4) is 0 Å². The molecule has 4 heteroatoms. The van der Waals surface area contributed by atoms with Gasteiger partial charge in [0, 0.05) is 25.4 Å². The number of rotatable bonds is 5. The Balaban J connectivity index is 2.32. The summed E-state index contributed by atoms with van der Waals surface area (Å²) in [7, 11) is 0. The van der Waals surface area contributed by atoms with Crippen molar-refractivity contribution in [1.82, 2.24) is 4.90 Å². The van der Waals surface area contributed by atoms with Gasteiger partial charge < -0.3 is 10.6 Å². The van der Waals surface area contributed by atoms with Crippen molar-refractivity contribution in [2.45, 2.75) is 26.2 Å². The number of nitrogens with zero attached hydrogens (tertiary/aromatic N) is 1. The molecule has 13 heavy (non-hydrogen) atoms. The predicted octanol–water partition coefficient (Wildman–Crippen LogP) is 0.921. The van der Waals surface area contributed by atoms with Gasteiger partial charge >= 0.3 is 0 Å². The molecule has 0 aromatic heterocycles. The highest BCUT2D eigenvalue weighted by Crippen LogP contribution is 2.30. The summed E-state index contributed by atoms with van der Waals surface area (Å²) in [6.45, 7) is 3.43. The smallest absolute Gasteiger partial charge is 0.225 e. The van der Waals surface area contributed by atoms with Crippen LogP contribution in [0.25, 0.3) is 0 Å². The number of carbonyl (C=O) groups excluding carboxylic acids is 1. The van der Waals surface area contributed by atoms with Crippen molar-refractivity contribution in [3.8, 4) is 0 Å². The molecule has 0 spiro atoms. The molecular formula is C9H16N2OS. The molecule has 0 aromatic rings. The normalized spacial score (nSPS) is 15.5. The van der Waals surface area contributed by atoms with Crippen molar-refractivity contribution in [2.75, 3.05) is 13.1 Å². The third-order valence-corrected chi connectivity index (χ3v) is 2.45. The standard InChI is InChI=1S/C9H16N2OS/c1-2-11(6-5-8(10)13)9(12)7-3-4-7/h7H,2-6H2,1H3,(H2,10,13). The zero-order valence-electron chi connectivity index (χ0n) is 7.95. The van der Waals surface area contributed by atoms with Crippen LogP contribution in [0, 0.1) is 5.92 Å². The molecule has 0 aliphatic heterocycles. The van der Waals surface area contributed by atoms with Gasteiger partial charge in [-0.05, 0) is 19.8 Å². The Morgan fingerprint density at radius 2 is 2.23 bits per heavy atom. The molecule has 1 saturated carbocycles. The van der Waals surface area contributed by atoms with E-state index in [-0.39, 0.29) is 5.91 Å². The van der Waals surface area contributed by atoms with Crippen LogP contribution >= 0.6 is 12.2 Å². The summed E-state index contributed by atoms with van der Waals surface area (Å²) in [6, 6.07) is 0. The van der Waals surface area contributed by atoms with Crippen LogP contribution in [-0.4, -0.2) is 28.9 Å². The summed E-state index contributed by atoms with van der Waals surface area (Å²) in [4.78, 5) is 13.9. The van der Waals surface area contributed by atoms with Crippen molar-refractivity contribution < 1.29 is 4.79 Å². The fourth-order valence-electron chi connectivity index (χ4n) is 1.26. The van der Waals surface area contributed by atoms with Gasteiger partial charge in [-0.1, -0.05) is 12.2 Å². The van der Waals surface area contributed by atoms with Crippen molar-refractivity contribution in [1.29, 1.82) is 0 Å². The number of nitrogens with two attached hydrogens (primary N) is 1. The van der Waals surface area contributed by atoms with E-state index < -0.39 is 0 Å². The van der Waals surface area contributed by atoms with Crippen molar-refractivity contribution in [3.05, 3.63) is 0 Å². The fourth-order valence-corrected chi connectivity index (χ4v) is 1.35. The number of hydrogen-bond acceptors (Lipinski definition) is 2. The van der Waals surface area contributed by atoms with Gasteiger partial charge in [0.05, 0.1) is 4.99 Å². The van der Waals surface area contributed by atoms with E-state index in [2.05, 4.69) is 0 Å². The molecule has 0 radical (unpaired) electrons. The van der Waals surface area contributed by atoms with Crippen LogP contribution in [-0.2, 0) is 4.79 Å². The lowest BCUT2D eigenvalue weighted by Crippen LogP contribution is -2.34. The zero-order valence-corrected chi connectivity index (χ0v) is 8.77. The molecule has 1 aliphatic carbocycles. The van der Waals surface area contributed by atoms with E-state index in [1.807, 2.05) is 11.8 Å². The first kappa shape index (κ1) is 10.4. The minimum atomic E-state index is 0.277. The molecule has 3 nitrogen and oxygen atoms in total. The lowest BCUT2D eigenvalue weighted by atomic mass is 10.3. The van der Waals surface area contributed by atoms with Crippen LogP contribution in [0.4, 0.5) is 0 Å². The third-order valence-electron chi connectivity index (χ3n) is 2.25. The quantitative estimate of drug-likeness (QED) is 0.671. The molecule has 0 saturated heterocycles. The Kier molecular flexibility index (Phi) is 3.66. The van der Waals surface area contributed by atoms with Gasteiger partial charge in [-0.25, -0.2) is 0 Å². The SMILES string of the molecule is CCN(CCC(N)=S)C(=O)C1CC1. The maximum absolute atomic E-state index is 11.6. The number of thiocarbonyl (C=S) groups is 1. The minimum Gasteiger partial charge on any atom is -0.393 e. The monoisotopic (exact) mass is 200 g/mol. The number of amides is 1. The fraction of sp³-hybridized carbons (Fsp3) is 0.778. The number of hydrogen-bond donors (Lipinski definition) is 1. The van der Waals surface area contributed by atoms with Gasteiger partial charge in [0.1, 0.15) is 0 Å². The summed E-state index contributed by atoms with van der Waals surface area (Å²) in [5.41, 5.74) is 5.38. The first-order valence-electron chi connectivity index (χ1n) is 4.72. The molecule has 0 bridgehead atoms. The van der Waals surface area contributed by atoms with Gasteiger partial charge in [0.25, 0.3) is 0 Å². The second kappa shape index (κ2) is 4.56. The van der Waals surface area contributed by atoms with Gasteiger partial charge in [-0.3, -0.25) is 4.79 Å². The summed E-state index contributed by atoms with van der Waals surface area (Å²) < 4.78 is 0. The Bertz CT molecular complexity index is 214. The van der Waals surface area contributed by atoms with Crippen molar-refractivity contribution in [3.63, 3.8) is 0 Å². The highest BCUT2D eigenvalue weighted by atomic mass is 32.1. The highest BCUT2D eigenvalue weighted by molar-refractivity contribution is 7.80. The van der Waals surface area contributed by atoms with Gasteiger partial charge in [0.15, 0.2) is 0 Å². The molecule has 2 N–H and O–H groups in total. The van der Waals surface area contributed by atoms with E-state index in [9.17, 15) is 4.79 Å². The second-order valence-corrected chi connectivity index (χ2v) is 3.93. The van der Waals surface area contributed by atoms with Crippen LogP contribution < -0.4 is 5.73 Å². The third kappa shape index (κ3) is 3.30.